The molecule has 0 atom stereocenters. The number of benzene rings is 1. The topological polar surface area (TPSA) is 85.2 Å². The molecule has 2 heterocycles. The minimum Gasteiger partial charge on any atom is -0.406 e. The molecule has 0 aliphatic carbocycles. The van der Waals surface area contributed by atoms with E-state index in [9.17, 15) is 18.0 Å². The number of hydrogen-bond donors (Lipinski definition) is 1. The highest BCUT2D eigenvalue weighted by atomic mass is 19.4. The van der Waals surface area contributed by atoms with Crippen LogP contribution in [0.25, 0.3) is 11.0 Å². The van der Waals surface area contributed by atoms with Crippen LogP contribution in [0.2, 0.25) is 0 Å². The second-order valence-corrected chi connectivity index (χ2v) is 6.38. The standard InChI is InChI=1S/C19H21F3N6O2/c1-3-27(4-2)17-15-10-26-28(18(15)25-12-24-17)11-16(29)23-9-13-5-7-14(8-6-13)30-19(20,21)22/h5-8,10,12H,3-4,9,11H2,1-2H3,(H,23,29). The Bertz CT molecular complexity index is 1000. The third-order valence-electron chi connectivity index (χ3n) is 4.42. The molecular weight excluding hydrogens is 401 g/mol. The average Bonchev–Trinajstić information content (AvgIpc) is 3.11. The summed E-state index contributed by atoms with van der Waals surface area (Å²) in [6, 6.07) is 5.30. The van der Waals surface area contributed by atoms with Crippen LogP contribution in [0.3, 0.4) is 0 Å². The van der Waals surface area contributed by atoms with Gasteiger partial charge in [0.15, 0.2) is 5.65 Å². The molecule has 2 aromatic heterocycles. The second-order valence-electron chi connectivity index (χ2n) is 6.38. The minimum atomic E-state index is -4.74. The van der Waals surface area contributed by atoms with E-state index in [1.54, 1.807) is 6.20 Å². The SMILES string of the molecule is CCN(CC)c1ncnc2c1cnn2CC(=O)NCc1ccc(OC(F)(F)F)cc1. The largest absolute Gasteiger partial charge is 0.573 e. The Balaban J connectivity index is 1.63. The van der Waals surface area contributed by atoms with Crippen molar-refractivity contribution >= 4 is 22.8 Å². The summed E-state index contributed by atoms with van der Waals surface area (Å²) in [4.78, 5) is 23.0. The van der Waals surface area contributed by atoms with E-state index in [1.807, 2.05) is 13.8 Å². The number of nitrogens with zero attached hydrogens (tertiary/aromatic N) is 5. The molecule has 0 spiro atoms. The summed E-state index contributed by atoms with van der Waals surface area (Å²) < 4.78 is 41.9. The van der Waals surface area contributed by atoms with Gasteiger partial charge in [-0.2, -0.15) is 5.10 Å². The average molecular weight is 422 g/mol. The summed E-state index contributed by atoms with van der Waals surface area (Å²) in [6.45, 7) is 5.72. The van der Waals surface area contributed by atoms with Crippen LogP contribution < -0.4 is 15.0 Å². The fourth-order valence-corrected chi connectivity index (χ4v) is 2.97. The Kier molecular flexibility index (Phi) is 6.38. The van der Waals surface area contributed by atoms with Gasteiger partial charge in [0.25, 0.3) is 0 Å². The minimum absolute atomic E-state index is 0.0481. The smallest absolute Gasteiger partial charge is 0.406 e. The molecular formula is C19H21F3N6O2. The zero-order valence-corrected chi connectivity index (χ0v) is 16.5. The second kappa shape index (κ2) is 8.97. The lowest BCUT2D eigenvalue weighted by Crippen LogP contribution is -2.27. The van der Waals surface area contributed by atoms with Crippen molar-refractivity contribution in [2.24, 2.45) is 0 Å². The number of carbonyl (C=O) groups excluding carboxylic acids is 1. The summed E-state index contributed by atoms with van der Waals surface area (Å²) in [5, 5.41) is 7.72. The highest BCUT2D eigenvalue weighted by Gasteiger charge is 2.30. The predicted octanol–water partition coefficient (Wildman–Crippen LogP) is 2.89. The van der Waals surface area contributed by atoms with Gasteiger partial charge in [-0.3, -0.25) is 4.79 Å². The summed E-state index contributed by atoms with van der Waals surface area (Å²) in [6.07, 6.45) is -1.66. The van der Waals surface area contributed by atoms with Crippen LogP contribution in [0.1, 0.15) is 19.4 Å². The van der Waals surface area contributed by atoms with Crippen molar-refractivity contribution in [3.05, 3.63) is 42.4 Å². The van der Waals surface area contributed by atoms with E-state index < -0.39 is 6.36 Å². The van der Waals surface area contributed by atoms with Crippen molar-refractivity contribution in [2.45, 2.75) is 33.3 Å². The maximum absolute atomic E-state index is 12.3. The molecule has 8 nitrogen and oxygen atoms in total. The molecule has 0 aliphatic heterocycles. The van der Waals surface area contributed by atoms with Gasteiger partial charge in [0.05, 0.1) is 11.6 Å². The zero-order valence-electron chi connectivity index (χ0n) is 16.5. The molecule has 3 rings (SSSR count). The van der Waals surface area contributed by atoms with Gasteiger partial charge in [-0.15, -0.1) is 13.2 Å². The highest BCUT2D eigenvalue weighted by molar-refractivity contribution is 5.87. The zero-order chi connectivity index (χ0) is 21.7. The first-order chi connectivity index (χ1) is 14.3. The van der Waals surface area contributed by atoms with Crippen LogP contribution in [0.5, 0.6) is 5.75 Å². The lowest BCUT2D eigenvalue weighted by Gasteiger charge is -2.19. The Labute approximate surface area is 170 Å². The number of hydrogen-bond acceptors (Lipinski definition) is 6. The Morgan fingerprint density at radius 3 is 2.50 bits per heavy atom. The number of aromatic nitrogens is 4. The summed E-state index contributed by atoms with van der Waals surface area (Å²) in [5.41, 5.74) is 1.19. The molecule has 0 radical (unpaired) electrons. The molecule has 3 aromatic rings. The van der Waals surface area contributed by atoms with Crippen LogP contribution in [-0.2, 0) is 17.9 Å². The van der Waals surface area contributed by atoms with E-state index in [0.29, 0.717) is 11.2 Å². The molecule has 1 aromatic carbocycles. The Morgan fingerprint density at radius 2 is 1.87 bits per heavy atom. The number of fused-ring (bicyclic) bond motifs is 1. The van der Waals surface area contributed by atoms with Crippen LogP contribution in [0.15, 0.2) is 36.8 Å². The summed E-state index contributed by atoms with van der Waals surface area (Å²) in [5.74, 6) is 0.140. The van der Waals surface area contributed by atoms with E-state index >= 15 is 0 Å². The number of nitrogens with one attached hydrogen (secondary N) is 1. The normalized spacial score (nSPS) is 11.5. The maximum atomic E-state index is 12.3. The van der Waals surface area contributed by atoms with Crippen molar-refractivity contribution in [1.82, 2.24) is 25.1 Å². The monoisotopic (exact) mass is 422 g/mol. The first-order valence-corrected chi connectivity index (χ1v) is 9.33. The fourth-order valence-electron chi connectivity index (χ4n) is 2.97. The molecule has 0 saturated carbocycles. The lowest BCUT2D eigenvalue weighted by atomic mass is 10.2. The van der Waals surface area contributed by atoms with Crippen molar-refractivity contribution in [3.63, 3.8) is 0 Å². The van der Waals surface area contributed by atoms with E-state index in [2.05, 4.69) is 30.0 Å². The number of ether oxygens (including phenoxy) is 1. The summed E-state index contributed by atoms with van der Waals surface area (Å²) in [7, 11) is 0. The molecule has 0 unspecified atom stereocenters. The quantitative estimate of drug-likeness (QED) is 0.601. The molecule has 11 heteroatoms. The fraction of sp³-hybridized carbons (Fsp3) is 0.368. The number of halogens is 3. The van der Waals surface area contributed by atoms with Crippen LogP contribution in [0, 0.1) is 0 Å². The van der Waals surface area contributed by atoms with E-state index in [-0.39, 0.29) is 24.7 Å². The van der Waals surface area contributed by atoms with Gasteiger partial charge in [0.1, 0.15) is 24.4 Å². The molecule has 0 aliphatic rings. The van der Waals surface area contributed by atoms with Crippen molar-refractivity contribution in [3.8, 4) is 5.75 Å². The number of anilines is 1. The van der Waals surface area contributed by atoms with Gasteiger partial charge in [0.2, 0.25) is 5.91 Å². The van der Waals surface area contributed by atoms with Gasteiger partial charge < -0.3 is 15.0 Å². The molecule has 0 fully saturated rings. The van der Waals surface area contributed by atoms with Gasteiger partial charge in [-0.25, -0.2) is 14.6 Å². The Morgan fingerprint density at radius 1 is 1.17 bits per heavy atom. The molecule has 1 amide bonds. The number of alkyl halides is 3. The van der Waals surface area contributed by atoms with Gasteiger partial charge in [-0.1, -0.05) is 12.1 Å². The van der Waals surface area contributed by atoms with Gasteiger partial charge >= 0.3 is 6.36 Å². The first kappa shape index (κ1) is 21.3. The molecule has 30 heavy (non-hydrogen) atoms. The van der Waals surface area contributed by atoms with Gasteiger partial charge in [0, 0.05) is 19.6 Å². The molecule has 0 saturated heterocycles. The lowest BCUT2D eigenvalue weighted by molar-refractivity contribution is -0.274. The molecule has 1 N–H and O–H groups in total. The van der Waals surface area contributed by atoms with Crippen LogP contribution in [0.4, 0.5) is 19.0 Å². The Hall–Kier alpha value is -3.37. The van der Waals surface area contributed by atoms with E-state index in [0.717, 1.165) is 24.3 Å². The van der Waals surface area contributed by atoms with E-state index in [4.69, 9.17) is 0 Å². The van der Waals surface area contributed by atoms with Crippen molar-refractivity contribution in [2.75, 3.05) is 18.0 Å². The predicted molar refractivity (Wildman–Crippen MR) is 104 cm³/mol. The number of amides is 1. The number of carbonyl (C=O) groups is 1. The third kappa shape index (κ3) is 5.16. The van der Waals surface area contributed by atoms with E-state index in [1.165, 1.54) is 35.3 Å². The third-order valence-corrected chi connectivity index (χ3v) is 4.42. The van der Waals surface area contributed by atoms with Crippen LogP contribution >= 0.6 is 0 Å². The molecule has 0 bridgehead atoms. The number of rotatable bonds is 8. The molecule has 160 valence electrons. The highest BCUT2D eigenvalue weighted by Crippen LogP contribution is 2.23. The van der Waals surface area contributed by atoms with Crippen molar-refractivity contribution < 1.29 is 22.7 Å². The first-order valence-electron chi connectivity index (χ1n) is 9.33. The van der Waals surface area contributed by atoms with Crippen LogP contribution in [-0.4, -0.2) is 45.1 Å². The van der Waals surface area contributed by atoms with Gasteiger partial charge in [-0.05, 0) is 31.5 Å². The summed E-state index contributed by atoms with van der Waals surface area (Å²) >= 11 is 0. The van der Waals surface area contributed by atoms with Crippen molar-refractivity contribution in [1.29, 1.82) is 0 Å². The maximum Gasteiger partial charge on any atom is 0.573 e.